The molecule has 0 unspecified atom stereocenters. The maximum absolute atomic E-state index is 5.01. The molecule has 1 saturated heterocycles. The second-order valence-electron chi connectivity index (χ2n) is 1.36. The maximum Gasteiger partial charge on any atom is 0.0591 e. The summed E-state index contributed by atoms with van der Waals surface area (Å²) in [5.74, 6) is 0. The van der Waals surface area contributed by atoms with E-state index in [0.29, 0.717) is 0 Å². The fraction of sp³-hybridized carbons (Fsp3) is 1.00. The predicted molar refractivity (Wildman–Crippen MR) is 35.9 cm³/mol. The van der Waals surface area contributed by atoms with Crippen molar-refractivity contribution in [3.05, 3.63) is 0 Å². The normalized spacial score (nSPS) is 18.8. The average Bonchev–Trinajstić information content (AvgIpc) is 1.96. The average molecular weight is 120 g/mol. The largest absolute Gasteiger partial charge is 0.379 e. The number of ether oxygens (including phenoxy) is 1. The first kappa shape index (κ1) is 7.88. The molecule has 0 aromatic heterocycles. The number of nitrogens with two attached hydrogens (primary N) is 1. The van der Waals surface area contributed by atoms with Crippen LogP contribution in [0.4, 0.5) is 0 Å². The Morgan fingerprint density at radius 1 is 1.38 bits per heavy atom. The lowest BCUT2D eigenvalue weighted by Gasteiger charge is -2.10. The molecule has 3 N–H and O–H groups in total. The van der Waals surface area contributed by atoms with Gasteiger partial charge in [0.1, 0.15) is 0 Å². The van der Waals surface area contributed by atoms with E-state index in [1.54, 1.807) is 0 Å². The number of hydrogen-bond donors (Lipinski definition) is 2. The lowest BCUT2D eigenvalue weighted by atomic mass is 10.5. The van der Waals surface area contributed by atoms with E-state index in [0.717, 1.165) is 26.3 Å². The van der Waals surface area contributed by atoms with Gasteiger partial charge >= 0.3 is 0 Å². The Morgan fingerprint density at radius 2 is 1.88 bits per heavy atom. The highest BCUT2D eigenvalue weighted by molar-refractivity contribution is 4.49. The second-order valence-corrected chi connectivity index (χ2v) is 1.36. The third-order valence-electron chi connectivity index (χ3n) is 0.846. The summed E-state index contributed by atoms with van der Waals surface area (Å²) >= 11 is 0. The Bertz CT molecular complexity index is 30.4. The summed E-state index contributed by atoms with van der Waals surface area (Å²) < 4.78 is 5.01. The molecule has 0 spiro atoms. The summed E-state index contributed by atoms with van der Waals surface area (Å²) in [6, 6.07) is 0. The number of rotatable bonds is 0. The van der Waals surface area contributed by atoms with Crippen molar-refractivity contribution in [2.45, 2.75) is 0 Å². The molecule has 0 amide bonds. The van der Waals surface area contributed by atoms with E-state index in [1.807, 2.05) is 0 Å². The zero-order valence-corrected chi connectivity index (χ0v) is 5.31. The number of hydrogen-bond acceptors (Lipinski definition) is 3. The molecule has 0 atom stereocenters. The van der Waals surface area contributed by atoms with Gasteiger partial charge in [-0.25, -0.2) is 0 Å². The molecule has 3 heteroatoms. The van der Waals surface area contributed by atoms with E-state index in [-0.39, 0.29) is 1.43 Å². The minimum absolute atomic E-state index is 0. The third kappa shape index (κ3) is 4.05. The van der Waals surface area contributed by atoms with Crippen molar-refractivity contribution in [1.82, 2.24) is 5.32 Å². The maximum atomic E-state index is 5.01. The Labute approximate surface area is 51.7 Å². The molecule has 1 aliphatic heterocycles. The van der Waals surface area contributed by atoms with Crippen LogP contribution in [0, 0.1) is 0 Å². The summed E-state index contributed by atoms with van der Waals surface area (Å²) in [5.41, 5.74) is 4.50. The van der Waals surface area contributed by atoms with Gasteiger partial charge in [0.2, 0.25) is 0 Å². The van der Waals surface area contributed by atoms with Crippen LogP contribution in [-0.4, -0.2) is 33.4 Å². The number of nitrogens with one attached hydrogen (secondary N) is 1. The predicted octanol–water partition coefficient (Wildman–Crippen LogP) is -0.573. The molecule has 0 radical (unpaired) electrons. The SMILES string of the molecule is C1COCCN1.CN.[HH]. The smallest absolute Gasteiger partial charge is 0.0591 e. The summed E-state index contributed by atoms with van der Waals surface area (Å²) in [5, 5.41) is 3.16. The molecule has 8 heavy (non-hydrogen) atoms. The van der Waals surface area contributed by atoms with Crippen LogP contribution in [0.25, 0.3) is 0 Å². The van der Waals surface area contributed by atoms with E-state index in [4.69, 9.17) is 4.74 Å². The van der Waals surface area contributed by atoms with Crippen LogP contribution in [-0.2, 0) is 4.74 Å². The molecule has 1 rings (SSSR count). The highest BCUT2D eigenvalue weighted by Crippen LogP contribution is 1.76. The van der Waals surface area contributed by atoms with E-state index in [9.17, 15) is 0 Å². The van der Waals surface area contributed by atoms with E-state index in [2.05, 4.69) is 11.1 Å². The van der Waals surface area contributed by atoms with E-state index in [1.165, 1.54) is 7.05 Å². The second kappa shape index (κ2) is 6.88. The van der Waals surface area contributed by atoms with Gasteiger partial charge in [-0.1, -0.05) is 0 Å². The number of morpholine rings is 1. The van der Waals surface area contributed by atoms with Gasteiger partial charge < -0.3 is 15.8 Å². The Kier molecular flexibility index (Phi) is 6.78. The van der Waals surface area contributed by atoms with Gasteiger partial charge in [0, 0.05) is 14.5 Å². The molecule has 0 saturated carbocycles. The van der Waals surface area contributed by atoms with Crippen molar-refractivity contribution >= 4 is 0 Å². The summed E-state index contributed by atoms with van der Waals surface area (Å²) in [4.78, 5) is 0. The first-order chi connectivity index (χ1) is 4.00. The van der Waals surface area contributed by atoms with Gasteiger partial charge in [0.25, 0.3) is 0 Å². The van der Waals surface area contributed by atoms with Crippen LogP contribution >= 0.6 is 0 Å². The van der Waals surface area contributed by atoms with Crippen LogP contribution in [0.5, 0.6) is 0 Å². The topological polar surface area (TPSA) is 47.3 Å². The van der Waals surface area contributed by atoms with Crippen molar-refractivity contribution in [3.8, 4) is 0 Å². The molecule has 1 fully saturated rings. The molecule has 0 aliphatic carbocycles. The van der Waals surface area contributed by atoms with Crippen LogP contribution in [0.2, 0.25) is 0 Å². The highest BCUT2D eigenvalue weighted by atomic mass is 16.5. The van der Waals surface area contributed by atoms with Crippen LogP contribution in [0.15, 0.2) is 0 Å². The van der Waals surface area contributed by atoms with Gasteiger partial charge in [-0.3, -0.25) is 0 Å². The molecule has 3 nitrogen and oxygen atoms in total. The fourth-order valence-electron chi connectivity index (χ4n) is 0.516. The molecule has 0 aromatic carbocycles. The molecule has 0 bridgehead atoms. The lowest BCUT2D eigenvalue weighted by Crippen LogP contribution is -2.30. The van der Waals surface area contributed by atoms with Crippen molar-refractivity contribution in [2.75, 3.05) is 33.4 Å². The third-order valence-corrected chi connectivity index (χ3v) is 0.846. The van der Waals surface area contributed by atoms with Crippen LogP contribution < -0.4 is 11.1 Å². The van der Waals surface area contributed by atoms with Crippen LogP contribution in [0.3, 0.4) is 0 Å². The monoisotopic (exact) mass is 120 g/mol. The molecule has 1 aliphatic rings. The zero-order valence-electron chi connectivity index (χ0n) is 5.31. The summed E-state index contributed by atoms with van der Waals surface area (Å²) in [7, 11) is 1.50. The molecular formula is C5H16N2O. The zero-order chi connectivity index (χ0) is 6.24. The minimum Gasteiger partial charge on any atom is -0.379 e. The fourth-order valence-corrected chi connectivity index (χ4v) is 0.516. The summed E-state index contributed by atoms with van der Waals surface area (Å²) in [6.45, 7) is 3.83. The van der Waals surface area contributed by atoms with Gasteiger partial charge in [-0.2, -0.15) is 0 Å². The molecular weight excluding hydrogens is 104 g/mol. The van der Waals surface area contributed by atoms with Crippen molar-refractivity contribution in [2.24, 2.45) is 5.73 Å². The summed E-state index contributed by atoms with van der Waals surface area (Å²) in [6.07, 6.45) is 0. The van der Waals surface area contributed by atoms with Gasteiger partial charge in [-0.05, 0) is 7.05 Å². The van der Waals surface area contributed by atoms with Crippen LogP contribution in [0.1, 0.15) is 1.43 Å². The van der Waals surface area contributed by atoms with Gasteiger partial charge in [-0.15, -0.1) is 0 Å². The van der Waals surface area contributed by atoms with E-state index < -0.39 is 0 Å². The highest BCUT2D eigenvalue weighted by Gasteiger charge is 1.92. The van der Waals surface area contributed by atoms with Crippen molar-refractivity contribution in [3.63, 3.8) is 0 Å². The lowest BCUT2D eigenvalue weighted by molar-refractivity contribution is 0.109. The van der Waals surface area contributed by atoms with Gasteiger partial charge in [0.05, 0.1) is 13.2 Å². The first-order valence-corrected chi connectivity index (χ1v) is 2.86. The Hall–Kier alpha value is -0.120. The Morgan fingerprint density at radius 3 is 2.00 bits per heavy atom. The first-order valence-electron chi connectivity index (χ1n) is 2.86. The molecule has 0 aromatic rings. The van der Waals surface area contributed by atoms with Crippen molar-refractivity contribution in [1.29, 1.82) is 0 Å². The Balaban J connectivity index is 0. The standard InChI is InChI=1S/C4H9NO.CH5N.H2/c1-3-6-4-2-5-1;1-2;/h5H,1-4H2;2H2,1H3;1H. The minimum atomic E-state index is 0. The quantitative estimate of drug-likeness (QED) is 0.450. The van der Waals surface area contributed by atoms with Crippen molar-refractivity contribution < 1.29 is 6.16 Å². The van der Waals surface area contributed by atoms with E-state index >= 15 is 0 Å². The van der Waals surface area contributed by atoms with Gasteiger partial charge in [0.15, 0.2) is 0 Å². The molecule has 52 valence electrons. The molecule has 1 heterocycles.